The number of nitrogens with zero attached hydrogens (tertiary/aromatic N) is 2. The molecule has 1 N–H and O–H groups in total. The number of fused-ring (bicyclic) bond motifs is 9. The monoisotopic (exact) mass is 441 g/mol. The van der Waals surface area contributed by atoms with Crippen molar-refractivity contribution in [3.8, 4) is 5.75 Å². The summed E-state index contributed by atoms with van der Waals surface area (Å²) in [5, 5.41) is 2.51. The number of carbonyl (C=O) groups excluding carboxylic acids is 2. The molecule has 2 amide bonds. The molecule has 6 rings (SSSR count). The Morgan fingerprint density at radius 1 is 1.16 bits per heavy atom. The van der Waals surface area contributed by atoms with E-state index < -0.39 is 23.0 Å². The van der Waals surface area contributed by atoms with Crippen LogP contribution in [0.25, 0.3) is 0 Å². The van der Waals surface area contributed by atoms with Crippen molar-refractivity contribution in [1.29, 1.82) is 0 Å². The highest BCUT2D eigenvalue weighted by atomic mass is 19.1. The van der Waals surface area contributed by atoms with Gasteiger partial charge in [0.25, 0.3) is 11.8 Å². The van der Waals surface area contributed by atoms with Gasteiger partial charge in [-0.25, -0.2) is 8.78 Å². The van der Waals surface area contributed by atoms with Gasteiger partial charge in [-0.1, -0.05) is 6.07 Å². The molecule has 3 heterocycles. The quantitative estimate of drug-likeness (QED) is 0.786. The number of aromatic nitrogens is 1. The third-order valence-corrected chi connectivity index (χ3v) is 7.62. The van der Waals surface area contributed by atoms with E-state index in [9.17, 15) is 23.2 Å². The second kappa shape index (κ2) is 6.63. The molecule has 2 aromatic rings. The van der Waals surface area contributed by atoms with E-state index in [2.05, 4.69) is 5.32 Å². The summed E-state index contributed by atoms with van der Waals surface area (Å²) in [7, 11) is 1.31. The number of nitrogens with one attached hydrogen (secondary N) is 1. The second-order valence-corrected chi connectivity index (χ2v) is 9.13. The number of hydrogen-bond donors (Lipinski definition) is 1. The first-order valence-corrected chi connectivity index (χ1v) is 10.7. The van der Waals surface area contributed by atoms with Gasteiger partial charge in [0.05, 0.1) is 13.2 Å². The number of benzene rings is 1. The number of methoxy groups -OCH3 is 1. The fourth-order valence-electron chi connectivity index (χ4n) is 6.15. The topological polar surface area (TPSA) is 80.6 Å². The van der Waals surface area contributed by atoms with Crippen LogP contribution in [0.3, 0.4) is 0 Å². The lowest BCUT2D eigenvalue weighted by atomic mass is 9.94. The molecule has 2 aliphatic carbocycles. The largest absolute Gasteiger partial charge is 0.491 e. The van der Waals surface area contributed by atoms with Gasteiger partial charge in [0.2, 0.25) is 5.43 Å². The van der Waals surface area contributed by atoms with Crippen molar-refractivity contribution in [2.45, 2.75) is 38.0 Å². The van der Waals surface area contributed by atoms with Crippen LogP contribution in [0.2, 0.25) is 0 Å². The van der Waals surface area contributed by atoms with E-state index in [4.69, 9.17) is 4.74 Å². The fraction of sp³-hybridized carbons (Fsp3) is 0.435. The van der Waals surface area contributed by atoms with E-state index in [1.807, 2.05) is 4.90 Å². The summed E-state index contributed by atoms with van der Waals surface area (Å²) < 4.78 is 33.9. The molecule has 1 saturated heterocycles. The van der Waals surface area contributed by atoms with E-state index in [0.717, 1.165) is 25.0 Å². The van der Waals surface area contributed by atoms with Crippen LogP contribution in [0.5, 0.6) is 5.75 Å². The van der Waals surface area contributed by atoms with E-state index in [1.54, 1.807) is 4.57 Å². The van der Waals surface area contributed by atoms with Gasteiger partial charge < -0.3 is 19.5 Å². The Balaban J connectivity index is 1.32. The fourth-order valence-corrected chi connectivity index (χ4v) is 6.15. The summed E-state index contributed by atoms with van der Waals surface area (Å²) in [5.41, 5.74) is -0.589. The average Bonchev–Trinajstić information content (AvgIpc) is 3.38. The van der Waals surface area contributed by atoms with Crippen molar-refractivity contribution in [2.75, 3.05) is 7.11 Å². The van der Waals surface area contributed by atoms with Gasteiger partial charge in [-0.05, 0) is 36.7 Å². The van der Waals surface area contributed by atoms with Crippen molar-refractivity contribution >= 4 is 11.8 Å². The molecule has 7 nitrogen and oxygen atoms in total. The molecule has 1 aromatic heterocycles. The lowest BCUT2D eigenvalue weighted by Gasteiger charge is -2.40. The predicted octanol–water partition coefficient (Wildman–Crippen LogP) is 1.93. The molecule has 2 saturated carbocycles. The zero-order valence-electron chi connectivity index (χ0n) is 17.3. The summed E-state index contributed by atoms with van der Waals surface area (Å²) in [6.45, 7) is 0.297. The van der Waals surface area contributed by atoms with Crippen molar-refractivity contribution in [2.24, 2.45) is 17.8 Å². The van der Waals surface area contributed by atoms with Gasteiger partial charge in [0.1, 0.15) is 17.2 Å². The molecule has 32 heavy (non-hydrogen) atoms. The molecule has 9 heteroatoms. The Morgan fingerprint density at radius 3 is 2.69 bits per heavy atom. The van der Waals surface area contributed by atoms with Crippen LogP contribution >= 0.6 is 0 Å². The Hall–Kier alpha value is -3.23. The number of pyridine rings is 1. The van der Waals surface area contributed by atoms with Crippen LogP contribution in [0.15, 0.2) is 29.2 Å². The first-order valence-electron chi connectivity index (χ1n) is 10.7. The van der Waals surface area contributed by atoms with Crippen LogP contribution in [-0.2, 0) is 13.1 Å². The third kappa shape index (κ3) is 2.59. The highest BCUT2D eigenvalue weighted by molar-refractivity contribution is 5.99. The zero-order valence-corrected chi connectivity index (χ0v) is 17.3. The minimum atomic E-state index is -0.787. The van der Waals surface area contributed by atoms with Crippen LogP contribution in [-0.4, -0.2) is 40.5 Å². The highest BCUT2D eigenvalue weighted by Crippen LogP contribution is 2.64. The van der Waals surface area contributed by atoms with Crippen molar-refractivity contribution in [1.82, 2.24) is 14.8 Å². The standard InChI is InChI=1S/C23H21F2N3O4/c1-32-21-19-23(31)28-17-6-14(12-5-13(12)17)18(28)9-27(19)8-15(20(21)29)22(30)26-7-10-2-3-11(24)4-16(10)25/h2-4,8,12-14,17-18H,5-7,9H2,1H3,(H,26,30)/t12-,13+,14-,17+,18-/m1/s1. The number of ether oxygens (including phenoxy) is 1. The first-order chi connectivity index (χ1) is 15.4. The van der Waals surface area contributed by atoms with E-state index in [0.29, 0.717) is 24.3 Å². The molecule has 0 unspecified atom stereocenters. The van der Waals surface area contributed by atoms with Gasteiger partial charge in [-0.2, -0.15) is 0 Å². The first kappa shape index (κ1) is 19.5. The van der Waals surface area contributed by atoms with Gasteiger partial charge in [-0.3, -0.25) is 14.4 Å². The maximum Gasteiger partial charge on any atom is 0.275 e. The van der Waals surface area contributed by atoms with Crippen molar-refractivity contribution in [3.05, 3.63) is 63.1 Å². The number of rotatable bonds is 4. The Bertz CT molecular complexity index is 1240. The molecular formula is C23H21F2N3O4. The average molecular weight is 441 g/mol. The molecule has 3 fully saturated rings. The van der Waals surface area contributed by atoms with E-state index in [-0.39, 0.29) is 47.1 Å². The smallest absolute Gasteiger partial charge is 0.275 e. The maximum absolute atomic E-state index is 13.9. The Morgan fingerprint density at radius 2 is 1.94 bits per heavy atom. The minimum Gasteiger partial charge on any atom is -0.491 e. The van der Waals surface area contributed by atoms with Crippen LogP contribution in [0, 0.1) is 29.4 Å². The number of hydrogen-bond acceptors (Lipinski definition) is 4. The molecule has 0 radical (unpaired) electrons. The number of amides is 2. The summed E-state index contributed by atoms with van der Waals surface area (Å²) in [4.78, 5) is 41.1. The predicted molar refractivity (Wildman–Crippen MR) is 108 cm³/mol. The zero-order chi connectivity index (χ0) is 22.3. The van der Waals surface area contributed by atoms with E-state index in [1.165, 1.54) is 19.4 Å². The third-order valence-electron chi connectivity index (χ3n) is 7.62. The number of halogens is 2. The minimum absolute atomic E-state index is 0.0696. The molecule has 1 aromatic carbocycles. The molecule has 0 spiro atoms. The van der Waals surface area contributed by atoms with Gasteiger partial charge in [0, 0.05) is 37.0 Å². The number of piperidine rings is 1. The Kier molecular flexibility index (Phi) is 4.03. The van der Waals surface area contributed by atoms with Crippen LogP contribution in [0.1, 0.15) is 39.3 Å². The van der Waals surface area contributed by atoms with Crippen molar-refractivity contribution < 1.29 is 23.1 Å². The van der Waals surface area contributed by atoms with Crippen LogP contribution < -0.4 is 15.5 Å². The second-order valence-electron chi connectivity index (χ2n) is 9.13. The molecule has 2 aliphatic heterocycles. The van der Waals surface area contributed by atoms with Gasteiger partial charge in [-0.15, -0.1) is 0 Å². The number of carbonyl (C=O) groups is 2. The molecule has 5 atom stereocenters. The molecular weight excluding hydrogens is 420 g/mol. The SMILES string of the molecule is COc1c2n(cc(C(=O)NCc3ccc(F)cc3F)c1=O)C[C@@H]1[C@@H]3C[C@@H]([C@H]4C[C@@H]34)N1C2=O. The lowest BCUT2D eigenvalue weighted by molar-refractivity contribution is 0.0465. The molecule has 4 aliphatic rings. The summed E-state index contributed by atoms with van der Waals surface area (Å²) in [5.74, 6) is -0.842. The van der Waals surface area contributed by atoms with Crippen LogP contribution in [0.4, 0.5) is 8.78 Å². The summed E-state index contributed by atoms with van der Waals surface area (Å²) >= 11 is 0. The molecule has 2 bridgehead atoms. The summed E-state index contributed by atoms with van der Waals surface area (Å²) in [6, 6.07) is 3.37. The Labute approximate surface area is 182 Å². The molecule has 166 valence electrons. The normalized spacial score (nSPS) is 28.8. The lowest BCUT2D eigenvalue weighted by Crippen LogP contribution is -2.53. The van der Waals surface area contributed by atoms with Gasteiger partial charge >= 0.3 is 0 Å². The summed E-state index contributed by atoms with van der Waals surface area (Å²) in [6.07, 6.45) is 3.57. The van der Waals surface area contributed by atoms with Crippen molar-refractivity contribution in [3.63, 3.8) is 0 Å². The van der Waals surface area contributed by atoms with Gasteiger partial charge in [0.15, 0.2) is 11.4 Å². The van der Waals surface area contributed by atoms with E-state index >= 15 is 0 Å². The maximum atomic E-state index is 13.9. The highest BCUT2D eigenvalue weighted by Gasteiger charge is 2.66.